The first-order valence-corrected chi connectivity index (χ1v) is 14.8. The molecule has 12 heteroatoms. The van der Waals surface area contributed by atoms with Gasteiger partial charge in [0.05, 0.1) is 5.69 Å². The van der Waals surface area contributed by atoms with Gasteiger partial charge < -0.3 is 14.8 Å². The van der Waals surface area contributed by atoms with Crippen LogP contribution >= 0.6 is 35.3 Å². The van der Waals surface area contributed by atoms with Crippen molar-refractivity contribution in [2.45, 2.75) is 43.2 Å². The van der Waals surface area contributed by atoms with Crippen molar-refractivity contribution in [2.75, 3.05) is 39.3 Å². The molecule has 0 radical (unpaired) electrons. The number of carbonyl (C=O) groups excluding carboxylic acids is 1. The second-order valence-corrected chi connectivity index (χ2v) is 13.0. The molecule has 1 atom stereocenters. The fraction of sp³-hybridized carbons (Fsp3) is 0.500. The highest BCUT2D eigenvalue weighted by Gasteiger charge is 2.34. The summed E-state index contributed by atoms with van der Waals surface area (Å²) in [4.78, 5) is 26.5. The molecule has 2 aromatic heterocycles. The molecule has 3 aliphatic rings. The number of hydrogen-bond acceptors (Lipinski definition) is 6. The zero-order valence-corrected chi connectivity index (χ0v) is 23.0. The average Bonchev–Trinajstić information content (AvgIpc) is 3.62. The number of hydrogen-bond donors (Lipinski definition) is 1. The van der Waals surface area contributed by atoms with Crippen molar-refractivity contribution in [1.29, 1.82) is 0 Å². The highest BCUT2D eigenvalue weighted by atomic mass is 35.5. The quantitative estimate of drug-likeness (QED) is 0.516. The summed E-state index contributed by atoms with van der Waals surface area (Å²) in [5, 5.41) is 2.00. The van der Waals surface area contributed by atoms with Crippen LogP contribution in [0.1, 0.15) is 39.6 Å². The van der Waals surface area contributed by atoms with E-state index in [1.54, 1.807) is 29.2 Å². The number of aromatic amines is 1. The van der Waals surface area contributed by atoms with Gasteiger partial charge in [-0.2, -0.15) is 4.31 Å². The Morgan fingerprint density at radius 2 is 1.83 bits per heavy atom. The molecule has 1 unspecified atom stereocenters. The Morgan fingerprint density at radius 3 is 2.58 bits per heavy atom. The largest absolute Gasteiger partial charge is 0.345 e. The molecule has 1 N–H and O–H groups in total. The number of nitrogens with zero attached hydrogens (tertiary/aromatic N) is 4. The monoisotopic (exact) mass is 569 g/mol. The third-order valence-electron chi connectivity index (χ3n) is 7.46. The van der Waals surface area contributed by atoms with E-state index in [9.17, 15) is 13.2 Å². The first kappa shape index (κ1) is 25.9. The van der Waals surface area contributed by atoms with Crippen LogP contribution in [0.3, 0.4) is 0 Å². The Balaban J connectivity index is 0.00000267. The number of fused-ring (bicyclic) bond motifs is 2. The maximum atomic E-state index is 13.2. The number of rotatable bonds is 4. The molecule has 3 aromatic rings. The van der Waals surface area contributed by atoms with Crippen molar-refractivity contribution in [1.82, 2.24) is 24.1 Å². The van der Waals surface area contributed by atoms with Crippen molar-refractivity contribution < 1.29 is 13.2 Å². The normalized spacial score (nSPS) is 21.5. The Bertz CT molecular complexity index is 1380. The third-order valence-corrected chi connectivity index (χ3v) is 10.6. The lowest BCUT2D eigenvalue weighted by Crippen LogP contribution is -2.50. The summed E-state index contributed by atoms with van der Waals surface area (Å²) >= 11 is 7.57. The molecule has 0 saturated carbocycles. The van der Waals surface area contributed by atoms with Gasteiger partial charge in [0.15, 0.2) is 5.01 Å². The van der Waals surface area contributed by atoms with E-state index in [4.69, 9.17) is 16.6 Å². The van der Waals surface area contributed by atoms with E-state index in [1.807, 2.05) is 0 Å². The minimum absolute atomic E-state index is 0. The van der Waals surface area contributed by atoms with Gasteiger partial charge in [-0.15, -0.1) is 23.7 Å². The molecular formula is C24H29Cl2N5O3S2. The molecule has 4 heterocycles. The lowest BCUT2D eigenvalue weighted by atomic mass is 9.96. The summed E-state index contributed by atoms with van der Waals surface area (Å²) in [6.45, 7) is 3.59. The van der Waals surface area contributed by atoms with Crippen LogP contribution in [0, 0.1) is 0 Å². The zero-order valence-electron chi connectivity index (χ0n) is 19.8. The predicted octanol–water partition coefficient (Wildman–Crippen LogP) is 3.80. The maximum absolute atomic E-state index is 13.2. The number of benzene rings is 1. The van der Waals surface area contributed by atoms with E-state index < -0.39 is 10.0 Å². The summed E-state index contributed by atoms with van der Waals surface area (Å²) in [5.41, 5.74) is 1.80. The van der Waals surface area contributed by atoms with Crippen molar-refractivity contribution in [2.24, 2.45) is 0 Å². The van der Waals surface area contributed by atoms with Gasteiger partial charge in [-0.25, -0.2) is 13.4 Å². The summed E-state index contributed by atoms with van der Waals surface area (Å²) in [6.07, 6.45) is 5.60. The number of aromatic nitrogens is 2. The molecule has 1 amide bonds. The van der Waals surface area contributed by atoms with Gasteiger partial charge in [-0.05, 0) is 69.5 Å². The molecule has 0 spiro atoms. The van der Waals surface area contributed by atoms with Crippen LogP contribution < -0.4 is 0 Å². The smallest absolute Gasteiger partial charge is 0.282 e. The zero-order chi connectivity index (χ0) is 24.2. The van der Waals surface area contributed by atoms with Crippen LogP contribution in [-0.2, 0) is 22.9 Å². The Hall–Kier alpha value is -1.69. The molecule has 2 aliphatic heterocycles. The van der Waals surface area contributed by atoms with Crippen molar-refractivity contribution in [3.8, 4) is 0 Å². The van der Waals surface area contributed by atoms with Gasteiger partial charge in [0.2, 0.25) is 0 Å². The van der Waals surface area contributed by atoms with E-state index in [0.29, 0.717) is 29.2 Å². The fourth-order valence-electron chi connectivity index (χ4n) is 5.49. The van der Waals surface area contributed by atoms with Gasteiger partial charge in [-0.1, -0.05) is 11.6 Å². The maximum Gasteiger partial charge on any atom is 0.282 e. The predicted molar refractivity (Wildman–Crippen MR) is 144 cm³/mol. The van der Waals surface area contributed by atoms with Crippen LogP contribution in [-0.4, -0.2) is 83.7 Å². The highest BCUT2D eigenvalue weighted by molar-refractivity contribution is 7.89. The van der Waals surface area contributed by atoms with Crippen LogP contribution in [0.5, 0.6) is 0 Å². The van der Waals surface area contributed by atoms with Gasteiger partial charge in [-0.3, -0.25) is 4.79 Å². The van der Waals surface area contributed by atoms with E-state index >= 15 is 0 Å². The topological polar surface area (TPSA) is 89.6 Å². The number of amides is 1. The second-order valence-electron chi connectivity index (χ2n) is 9.59. The molecule has 6 rings (SSSR count). The van der Waals surface area contributed by atoms with E-state index in [2.05, 4.69) is 9.88 Å². The van der Waals surface area contributed by atoms with Crippen LogP contribution in [0.4, 0.5) is 0 Å². The first-order chi connectivity index (χ1) is 16.9. The molecule has 1 aliphatic carbocycles. The lowest BCUT2D eigenvalue weighted by molar-refractivity contribution is 0.0697. The average molecular weight is 571 g/mol. The molecule has 2 fully saturated rings. The SMILES string of the molecule is Cl.O=C(c1nc2c(s1)CC(N1CCCC1)CC2)N1CCN(S(=O)(=O)c2cc3cc(Cl)ccc3[nH]2)CC1. The van der Waals surface area contributed by atoms with E-state index in [-0.39, 0.29) is 36.4 Å². The number of H-pyrrole nitrogens is 1. The number of piperazine rings is 1. The Kier molecular flexibility index (Phi) is 7.37. The second kappa shape index (κ2) is 10.2. The van der Waals surface area contributed by atoms with Crippen molar-refractivity contribution in [3.05, 3.63) is 44.9 Å². The number of likely N-dealkylation sites (tertiary alicyclic amines) is 1. The molecule has 36 heavy (non-hydrogen) atoms. The number of thiazole rings is 1. The minimum Gasteiger partial charge on any atom is -0.345 e. The van der Waals surface area contributed by atoms with Gasteiger partial charge in [0.1, 0.15) is 5.03 Å². The van der Waals surface area contributed by atoms with Crippen LogP contribution in [0.2, 0.25) is 5.02 Å². The van der Waals surface area contributed by atoms with E-state index in [0.717, 1.165) is 35.9 Å². The minimum atomic E-state index is -3.69. The molecule has 1 aromatic carbocycles. The standard InChI is InChI=1S/C24H28ClN5O3S2.ClH/c25-17-3-5-19-16(13-17)14-22(26-19)35(32,33)30-11-9-29(10-12-30)24(31)23-27-20-6-4-18(15-21(20)34-23)28-7-1-2-8-28;/h3,5,13-14,18,26H,1-2,4,6-12,15H2;1H. The molecule has 194 valence electrons. The number of nitrogens with one attached hydrogen (secondary N) is 1. The highest BCUT2D eigenvalue weighted by Crippen LogP contribution is 2.31. The number of aryl methyl sites for hydroxylation is 1. The number of carbonyl (C=O) groups is 1. The lowest BCUT2D eigenvalue weighted by Gasteiger charge is -2.33. The van der Waals surface area contributed by atoms with Gasteiger partial charge in [0.25, 0.3) is 15.9 Å². The molecule has 2 saturated heterocycles. The van der Waals surface area contributed by atoms with Crippen LogP contribution in [0.15, 0.2) is 29.3 Å². The van der Waals surface area contributed by atoms with Crippen molar-refractivity contribution in [3.63, 3.8) is 0 Å². The summed E-state index contributed by atoms with van der Waals surface area (Å²) in [6, 6.07) is 7.43. The molecular weight excluding hydrogens is 541 g/mol. The summed E-state index contributed by atoms with van der Waals surface area (Å²) < 4.78 is 27.9. The summed E-state index contributed by atoms with van der Waals surface area (Å²) in [5.74, 6) is -0.0839. The molecule has 0 bridgehead atoms. The van der Waals surface area contributed by atoms with Gasteiger partial charge in [0, 0.05) is 53.0 Å². The van der Waals surface area contributed by atoms with E-state index in [1.165, 1.54) is 46.5 Å². The number of sulfonamides is 1. The van der Waals surface area contributed by atoms with Crippen molar-refractivity contribution >= 4 is 62.2 Å². The number of halogens is 2. The Labute approximate surface area is 226 Å². The van der Waals surface area contributed by atoms with Gasteiger partial charge >= 0.3 is 0 Å². The third kappa shape index (κ3) is 4.79. The first-order valence-electron chi connectivity index (χ1n) is 12.2. The Morgan fingerprint density at radius 1 is 1.08 bits per heavy atom. The summed E-state index contributed by atoms with van der Waals surface area (Å²) in [7, 11) is -3.69. The van der Waals surface area contributed by atoms with Crippen LogP contribution in [0.25, 0.3) is 10.9 Å². The fourth-order valence-corrected chi connectivity index (χ4v) is 8.25. The molecule has 8 nitrogen and oxygen atoms in total.